The Hall–Kier alpha value is -3.77. The van der Waals surface area contributed by atoms with E-state index in [2.05, 4.69) is 30.7 Å². The van der Waals surface area contributed by atoms with Gasteiger partial charge in [-0.25, -0.2) is 4.98 Å². The summed E-state index contributed by atoms with van der Waals surface area (Å²) in [4.78, 5) is 34.5. The number of fused-ring (bicyclic) bond motifs is 2. The highest BCUT2D eigenvalue weighted by molar-refractivity contribution is 5.97. The van der Waals surface area contributed by atoms with Gasteiger partial charge < -0.3 is 29.1 Å². The van der Waals surface area contributed by atoms with Crippen LogP contribution in [0.15, 0.2) is 30.5 Å². The molecule has 2 aliphatic heterocycles. The van der Waals surface area contributed by atoms with Crippen LogP contribution in [0.3, 0.4) is 0 Å². The summed E-state index contributed by atoms with van der Waals surface area (Å²) < 4.78 is 17.1. The first-order valence-electron chi connectivity index (χ1n) is 12.9. The van der Waals surface area contributed by atoms with E-state index in [1.807, 2.05) is 6.92 Å². The maximum atomic E-state index is 13.5. The zero-order valence-electron chi connectivity index (χ0n) is 22.6. The van der Waals surface area contributed by atoms with Crippen LogP contribution in [-0.4, -0.2) is 77.4 Å². The quantitative estimate of drug-likeness (QED) is 0.583. The number of pyridine rings is 1. The Labute approximate surface area is 223 Å². The number of carbonyl (C=O) groups is 2. The van der Waals surface area contributed by atoms with E-state index in [0.717, 1.165) is 6.42 Å². The summed E-state index contributed by atoms with van der Waals surface area (Å²) in [6.45, 7) is 8.52. The van der Waals surface area contributed by atoms with Crippen molar-refractivity contribution >= 4 is 11.8 Å². The first-order chi connectivity index (χ1) is 18.2. The van der Waals surface area contributed by atoms with Gasteiger partial charge in [-0.15, -0.1) is 0 Å². The molecule has 3 heterocycles. The topological polar surface area (TPSA) is 101 Å². The van der Waals surface area contributed by atoms with Crippen LogP contribution in [0, 0.1) is 23.7 Å². The van der Waals surface area contributed by atoms with E-state index in [1.54, 1.807) is 54.2 Å². The number of carbonyl (C=O) groups excluding carboxylic acids is 2. The van der Waals surface area contributed by atoms with E-state index in [-0.39, 0.29) is 43.6 Å². The van der Waals surface area contributed by atoms with Crippen LogP contribution in [-0.2, 0) is 0 Å². The highest BCUT2D eigenvalue weighted by Gasteiger charge is 2.35. The molecule has 2 aliphatic rings. The fraction of sp³-hybridized carbons (Fsp3) is 0.483. The summed E-state index contributed by atoms with van der Waals surface area (Å²) >= 11 is 0. The average Bonchev–Trinajstić information content (AvgIpc) is 3.37. The number of hydrogen-bond acceptors (Lipinski definition) is 7. The lowest BCUT2D eigenvalue weighted by Crippen LogP contribution is -2.50. The Morgan fingerprint density at radius 3 is 2.74 bits per heavy atom. The average molecular weight is 522 g/mol. The second-order valence-corrected chi connectivity index (χ2v) is 10.4. The van der Waals surface area contributed by atoms with E-state index in [9.17, 15) is 14.7 Å². The minimum absolute atomic E-state index is 0.134. The van der Waals surface area contributed by atoms with Crippen LogP contribution in [0.25, 0.3) is 0 Å². The Morgan fingerprint density at radius 1 is 1.24 bits per heavy atom. The lowest BCUT2D eigenvalue weighted by Gasteiger charge is -2.37. The van der Waals surface area contributed by atoms with Crippen LogP contribution in [0.2, 0.25) is 0 Å². The van der Waals surface area contributed by atoms with E-state index in [1.165, 1.54) is 0 Å². The minimum Gasteiger partial charge on any atom is -0.472 e. The van der Waals surface area contributed by atoms with Crippen LogP contribution >= 0.6 is 0 Å². The standard InChI is InChI=1S/C29H35N3O6/c1-18(2)7-6-8-21-11-23-27(30-13-21)38-26(19(3)14-32(29(23)35)20(4)16-33)15-31(5)28(34)22-9-10-24-25(12-22)37-17-36-24/h9-13,18-20,26,33H,7,14-17H2,1-5H3/t19-,20+,26+/m0/s1. The molecular formula is C29H35N3O6. The van der Waals surface area contributed by atoms with Crippen molar-refractivity contribution in [1.29, 1.82) is 0 Å². The van der Waals surface area contributed by atoms with Gasteiger partial charge in [0.1, 0.15) is 11.7 Å². The van der Waals surface area contributed by atoms with E-state index in [4.69, 9.17) is 14.2 Å². The molecule has 1 N–H and O–H groups in total. The van der Waals surface area contributed by atoms with Crippen LogP contribution in [0.5, 0.6) is 17.4 Å². The fourth-order valence-corrected chi connectivity index (χ4v) is 4.35. The minimum atomic E-state index is -0.455. The van der Waals surface area contributed by atoms with Crippen molar-refractivity contribution < 1.29 is 28.9 Å². The van der Waals surface area contributed by atoms with Crippen molar-refractivity contribution in [2.45, 2.75) is 46.3 Å². The molecule has 1 aromatic heterocycles. The van der Waals surface area contributed by atoms with E-state index in [0.29, 0.717) is 40.7 Å². The number of benzene rings is 1. The molecule has 0 radical (unpaired) electrons. The van der Waals surface area contributed by atoms with Gasteiger partial charge in [-0.05, 0) is 37.1 Å². The van der Waals surface area contributed by atoms with Gasteiger partial charge in [-0.1, -0.05) is 32.6 Å². The molecule has 9 nitrogen and oxygen atoms in total. The molecular weight excluding hydrogens is 486 g/mol. The number of aromatic nitrogens is 1. The number of nitrogens with zero attached hydrogens (tertiary/aromatic N) is 3. The van der Waals surface area contributed by atoms with Crippen molar-refractivity contribution in [3.63, 3.8) is 0 Å². The van der Waals surface area contributed by atoms with Crippen LogP contribution in [0.1, 0.15) is 60.4 Å². The third kappa shape index (κ3) is 6.03. The highest BCUT2D eigenvalue weighted by atomic mass is 16.7. The molecule has 2 aromatic rings. The van der Waals surface area contributed by atoms with Gasteiger partial charge in [0.2, 0.25) is 12.7 Å². The first kappa shape index (κ1) is 27.3. The van der Waals surface area contributed by atoms with Gasteiger partial charge in [-0.3, -0.25) is 9.59 Å². The summed E-state index contributed by atoms with van der Waals surface area (Å²) in [6, 6.07) is 6.40. The third-order valence-electron chi connectivity index (χ3n) is 6.68. The molecule has 38 heavy (non-hydrogen) atoms. The van der Waals surface area contributed by atoms with E-state index < -0.39 is 12.1 Å². The molecule has 3 atom stereocenters. The molecule has 0 saturated carbocycles. The van der Waals surface area contributed by atoms with E-state index >= 15 is 0 Å². The van der Waals surface area contributed by atoms with Gasteiger partial charge in [-0.2, -0.15) is 0 Å². The molecule has 202 valence electrons. The van der Waals surface area contributed by atoms with Crippen molar-refractivity contribution in [2.24, 2.45) is 11.8 Å². The number of hydrogen-bond donors (Lipinski definition) is 1. The van der Waals surface area contributed by atoms with Crippen LogP contribution in [0.4, 0.5) is 0 Å². The number of aliphatic hydroxyl groups excluding tert-OH is 1. The van der Waals surface area contributed by atoms with Gasteiger partial charge in [0.15, 0.2) is 11.5 Å². The smallest absolute Gasteiger partial charge is 0.259 e. The number of rotatable bonds is 6. The van der Waals surface area contributed by atoms with Gasteiger partial charge in [0.05, 0.1) is 19.2 Å². The molecule has 0 saturated heterocycles. The normalized spacial score (nSPS) is 19.0. The molecule has 0 bridgehead atoms. The monoisotopic (exact) mass is 521 g/mol. The third-order valence-corrected chi connectivity index (χ3v) is 6.68. The maximum Gasteiger partial charge on any atom is 0.259 e. The summed E-state index contributed by atoms with van der Waals surface area (Å²) in [6.07, 6.45) is 1.88. The second-order valence-electron chi connectivity index (χ2n) is 10.4. The van der Waals surface area contributed by atoms with Gasteiger partial charge in [0, 0.05) is 43.3 Å². The predicted molar refractivity (Wildman–Crippen MR) is 141 cm³/mol. The second kappa shape index (κ2) is 11.7. The summed E-state index contributed by atoms with van der Waals surface area (Å²) in [7, 11) is 1.71. The Bertz CT molecular complexity index is 1250. The largest absolute Gasteiger partial charge is 0.472 e. The zero-order chi connectivity index (χ0) is 27.4. The van der Waals surface area contributed by atoms with Crippen molar-refractivity contribution in [3.05, 3.63) is 47.2 Å². The number of amides is 2. The molecule has 9 heteroatoms. The Kier molecular flexibility index (Phi) is 8.42. The fourth-order valence-electron chi connectivity index (χ4n) is 4.35. The number of aliphatic hydroxyl groups is 1. The SMILES string of the molecule is CC(C)CC#Cc1cnc2c(c1)C(=O)N([C@H](C)CO)C[C@H](C)[C@@H](CN(C)C(=O)c1ccc3c(c1)OCO3)O2. The van der Waals surface area contributed by atoms with Crippen molar-refractivity contribution in [1.82, 2.24) is 14.8 Å². The van der Waals surface area contributed by atoms with Gasteiger partial charge >= 0.3 is 0 Å². The molecule has 4 rings (SSSR count). The van der Waals surface area contributed by atoms with Crippen molar-refractivity contribution in [3.8, 4) is 29.2 Å². The molecule has 0 spiro atoms. The number of ether oxygens (including phenoxy) is 3. The lowest BCUT2D eigenvalue weighted by molar-refractivity contribution is 0.0313. The van der Waals surface area contributed by atoms with Crippen LogP contribution < -0.4 is 14.2 Å². The molecule has 0 fully saturated rings. The lowest BCUT2D eigenvalue weighted by atomic mass is 9.99. The molecule has 1 aromatic carbocycles. The predicted octanol–water partition coefficient (Wildman–Crippen LogP) is 3.20. The molecule has 2 amide bonds. The maximum absolute atomic E-state index is 13.5. The Balaban J connectivity index is 1.60. The summed E-state index contributed by atoms with van der Waals surface area (Å²) in [5.74, 6) is 7.38. The molecule has 0 unspecified atom stereocenters. The highest BCUT2D eigenvalue weighted by Crippen LogP contribution is 2.33. The summed E-state index contributed by atoms with van der Waals surface area (Å²) in [5.41, 5.74) is 1.39. The first-order valence-corrected chi connectivity index (χ1v) is 12.9. The van der Waals surface area contributed by atoms with Gasteiger partial charge in [0.25, 0.3) is 11.8 Å². The zero-order valence-corrected chi connectivity index (χ0v) is 22.6. The van der Waals surface area contributed by atoms with Crippen molar-refractivity contribution in [2.75, 3.05) is 33.5 Å². The summed E-state index contributed by atoms with van der Waals surface area (Å²) in [5, 5.41) is 9.87. The Morgan fingerprint density at radius 2 is 2.00 bits per heavy atom. The number of likely N-dealkylation sites (N-methyl/N-ethyl adjacent to an activating group) is 1. The molecule has 0 aliphatic carbocycles.